The number of aromatic nitrogens is 4. The molecule has 96 valence electrons. The minimum Gasteiger partial charge on any atom is -0.382 e. The van der Waals surface area contributed by atoms with Crippen LogP contribution in [0.25, 0.3) is 22.5 Å². The average Bonchev–Trinajstić information content (AvgIpc) is 2.97. The highest BCUT2D eigenvalue weighted by molar-refractivity contribution is 5.86. The smallest absolute Gasteiger partial charge is 0.153 e. The number of nitrogens with one attached hydrogen (secondary N) is 1. The fraction of sp³-hybridized carbons (Fsp3) is 0.0769. The van der Waals surface area contributed by atoms with Gasteiger partial charge in [-0.1, -0.05) is 12.1 Å². The standard InChI is InChI=1S/C13H12FN5/c1-19-7-6-10(18-19)12-11(13(15)17-16-12)8-2-4-9(14)5-3-8/h2-7H,1H3,(H3,15,16,17). The highest BCUT2D eigenvalue weighted by atomic mass is 19.1. The van der Waals surface area contributed by atoms with Crippen molar-refractivity contribution in [2.75, 3.05) is 5.73 Å². The van der Waals surface area contributed by atoms with Crippen molar-refractivity contribution in [1.82, 2.24) is 20.0 Å². The summed E-state index contributed by atoms with van der Waals surface area (Å²) in [5.41, 5.74) is 8.89. The van der Waals surface area contributed by atoms with Gasteiger partial charge in [-0.15, -0.1) is 0 Å². The van der Waals surface area contributed by atoms with E-state index in [0.717, 1.165) is 22.5 Å². The van der Waals surface area contributed by atoms with E-state index in [1.165, 1.54) is 12.1 Å². The van der Waals surface area contributed by atoms with E-state index < -0.39 is 0 Å². The fourth-order valence-electron chi connectivity index (χ4n) is 2.00. The van der Waals surface area contributed by atoms with Crippen molar-refractivity contribution < 1.29 is 4.39 Å². The third-order valence-electron chi connectivity index (χ3n) is 2.90. The summed E-state index contributed by atoms with van der Waals surface area (Å²) in [5, 5.41) is 11.2. The molecule has 0 fully saturated rings. The van der Waals surface area contributed by atoms with Crippen LogP contribution in [0, 0.1) is 5.82 Å². The Morgan fingerprint density at radius 2 is 1.95 bits per heavy atom. The highest BCUT2D eigenvalue weighted by Crippen LogP contribution is 2.33. The number of hydrogen-bond donors (Lipinski definition) is 2. The van der Waals surface area contributed by atoms with Gasteiger partial charge in [-0.05, 0) is 23.8 Å². The van der Waals surface area contributed by atoms with Gasteiger partial charge < -0.3 is 5.73 Å². The molecule has 0 radical (unpaired) electrons. The normalized spacial score (nSPS) is 10.8. The molecule has 0 unspecified atom stereocenters. The SMILES string of the molecule is Cn1ccc(-c2[nH]nc(N)c2-c2ccc(F)cc2)n1. The summed E-state index contributed by atoms with van der Waals surface area (Å²) >= 11 is 0. The zero-order valence-corrected chi connectivity index (χ0v) is 10.3. The number of H-pyrrole nitrogens is 1. The topological polar surface area (TPSA) is 72.5 Å². The lowest BCUT2D eigenvalue weighted by atomic mass is 10.0. The number of aromatic amines is 1. The quantitative estimate of drug-likeness (QED) is 0.739. The van der Waals surface area contributed by atoms with E-state index in [9.17, 15) is 4.39 Å². The molecular weight excluding hydrogens is 245 g/mol. The van der Waals surface area contributed by atoms with Crippen LogP contribution in [0.1, 0.15) is 0 Å². The zero-order valence-electron chi connectivity index (χ0n) is 10.3. The van der Waals surface area contributed by atoms with E-state index in [1.54, 1.807) is 16.8 Å². The number of anilines is 1. The Morgan fingerprint density at radius 3 is 2.58 bits per heavy atom. The lowest BCUT2D eigenvalue weighted by Crippen LogP contribution is -1.91. The van der Waals surface area contributed by atoms with Gasteiger partial charge in [-0.2, -0.15) is 10.2 Å². The molecule has 0 spiro atoms. The zero-order chi connectivity index (χ0) is 13.4. The third kappa shape index (κ3) is 1.97. The minimum absolute atomic E-state index is 0.287. The summed E-state index contributed by atoms with van der Waals surface area (Å²) in [6.45, 7) is 0. The number of hydrogen-bond acceptors (Lipinski definition) is 3. The Balaban J connectivity index is 2.16. The van der Waals surface area contributed by atoms with Crippen LogP contribution in [-0.2, 0) is 7.05 Å². The van der Waals surface area contributed by atoms with E-state index in [4.69, 9.17) is 5.73 Å². The highest BCUT2D eigenvalue weighted by Gasteiger charge is 2.16. The monoisotopic (exact) mass is 257 g/mol. The minimum atomic E-state index is -0.287. The van der Waals surface area contributed by atoms with Gasteiger partial charge in [0.2, 0.25) is 0 Å². The largest absolute Gasteiger partial charge is 0.382 e. The summed E-state index contributed by atoms with van der Waals surface area (Å²) in [6.07, 6.45) is 1.83. The van der Waals surface area contributed by atoms with Gasteiger partial charge in [0, 0.05) is 13.2 Å². The predicted molar refractivity (Wildman–Crippen MR) is 70.6 cm³/mol. The molecule has 0 aliphatic carbocycles. The van der Waals surface area contributed by atoms with Gasteiger partial charge >= 0.3 is 0 Å². The van der Waals surface area contributed by atoms with Crippen molar-refractivity contribution in [1.29, 1.82) is 0 Å². The van der Waals surface area contributed by atoms with E-state index in [-0.39, 0.29) is 5.82 Å². The summed E-state index contributed by atoms with van der Waals surface area (Å²) in [5.74, 6) is 0.0810. The molecule has 0 aliphatic heterocycles. The van der Waals surface area contributed by atoms with Crippen molar-refractivity contribution in [3.05, 3.63) is 42.3 Å². The number of nitrogens with two attached hydrogens (primary N) is 1. The Labute approximate surface area is 108 Å². The van der Waals surface area contributed by atoms with Gasteiger partial charge in [-0.25, -0.2) is 4.39 Å². The van der Waals surface area contributed by atoms with Crippen LogP contribution in [0.4, 0.5) is 10.2 Å². The second-order valence-corrected chi connectivity index (χ2v) is 4.24. The van der Waals surface area contributed by atoms with E-state index in [2.05, 4.69) is 15.3 Å². The first-order valence-electron chi connectivity index (χ1n) is 5.75. The molecule has 19 heavy (non-hydrogen) atoms. The molecule has 0 saturated carbocycles. The molecule has 0 amide bonds. The second-order valence-electron chi connectivity index (χ2n) is 4.24. The number of nitrogens with zero attached hydrogens (tertiary/aromatic N) is 3. The lowest BCUT2D eigenvalue weighted by Gasteiger charge is -2.02. The van der Waals surface area contributed by atoms with Crippen LogP contribution in [-0.4, -0.2) is 20.0 Å². The molecule has 5 nitrogen and oxygen atoms in total. The first-order valence-corrected chi connectivity index (χ1v) is 5.75. The third-order valence-corrected chi connectivity index (χ3v) is 2.90. The van der Waals surface area contributed by atoms with Gasteiger partial charge in [0.05, 0.1) is 11.3 Å². The van der Waals surface area contributed by atoms with Crippen molar-refractivity contribution >= 4 is 5.82 Å². The van der Waals surface area contributed by atoms with Gasteiger partial charge in [-0.3, -0.25) is 9.78 Å². The lowest BCUT2D eigenvalue weighted by molar-refractivity contribution is 0.628. The van der Waals surface area contributed by atoms with Gasteiger partial charge in [0.25, 0.3) is 0 Å². The summed E-state index contributed by atoms with van der Waals surface area (Å²) in [6, 6.07) is 7.99. The number of benzene rings is 1. The molecule has 1 aromatic carbocycles. The first kappa shape index (κ1) is 11.5. The Hall–Kier alpha value is -2.63. The average molecular weight is 257 g/mol. The maximum atomic E-state index is 13.0. The maximum Gasteiger partial charge on any atom is 0.153 e. The molecule has 0 saturated heterocycles. The van der Waals surface area contributed by atoms with Crippen LogP contribution >= 0.6 is 0 Å². The predicted octanol–water partition coefficient (Wildman–Crippen LogP) is 2.20. The molecule has 0 aliphatic rings. The maximum absolute atomic E-state index is 13.0. The van der Waals surface area contributed by atoms with E-state index in [0.29, 0.717) is 5.82 Å². The Bertz CT molecular complexity index is 711. The number of halogens is 1. The van der Waals surface area contributed by atoms with Gasteiger partial charge in [0.15, 0.2) is 5.82 Å². The molecule has 0 atom stereocenters. The summed E-state index contributed by atoms with van der Waals surface area (Å²) < 4.78 is 14.7. The first-order chi connectivity index (χ1) is 9.15. The van der Waals surface area contributed by atoms with Gasteiger partial charge in [0.1, 0.15) is 11.5 Å². The number of nitrogen functional groups attached to an aromatic ring is 1. The van der Waals surface area contributed by atoms with E-state index in [1.807, 2.05) is 19.3 Å². The van der Waals surface area contributed by atoms with Crippen LogP contribution in [0.15, 0.2) is 36.5 Å². The van der Waals surface area contributed by atoms with Crippen molar-refractivity contribution in [2.24, 2.45) is 7.05 Å². The van der Waals surface area contributed by atoms with Crippen LogP contribution in [0.3, 0.4) is 0 Å². The van der Waals surface area contributed by atoms with Crippen LogP contribution < -0.4 is 5.73 Å². The fourth-order valence-corrected chi connectivity index (χ4v) is 2.00. The molecule has 0 bridgehead atoms. The molecule has 3 rings (SSSR count). The molecule has 6 heteroatoms. The van der Waals surface area contributed by atoms with Crippen LogP contribution in [0.2, 0.25) is 0 Å². The molecule has 2 aromatic heterocycles. The molecular formula is C13H12FN5. The Morgan fingerprint density at radius 1 is 1.21 bits per heavy atom. The van der Waals surface area contributed by atoms with Crippen molar-refractivity contribution in [3.63, 3.8) is 0 Å². The van der Waals surface area contributed by atoms with Crippen LogP contribution in [0.5, 0.6) is 0 Å². The number of rotatable bonds is 2. The molecule has 3 aromatic rings. The van der Waals surface area contributed by atoms with E-state index >= 15 is 0 Å². The van der Waals surface area contributed by atoms with Crippen molar-refractivity contribution in [2.45, 2.75) is 0 Å². The molecule has 2 heterocycles. The molecule has 3 N–H and O–H groups in total. The second kappa shape index (κ2) is 4.24. The number of aryl methyl sites for hydroxylation is 1. The Kier molecular flexibility index (Phi) is 2.56. The summed E-state index contributed by atoms with van der Waals surface area (Å²) in [4.78, 5) is 0. The summed E-state index contributed by atoms with van der Waals surface area (Å²) in [7, 11) is 1.83. The van der Waals surface area contributed by atoms with Crippen molar-refractivity contribution in [3.8, 4) is 22.5 Å².